The first-order valence-electron chi connectivity index (χ1n) is 6.41. The maximum Gasteiger partial charge on any atom is 0.295 e. The molecule has 1 N–H and O–H groups in total. The van der Waals surface area contributed by atoms with Gasteiger partial charge in [0.15, 0.2) is 0 Å². The van der Waals surface area contributed by atoms with Crippen LogP contribution >= 0.6 is 15.9 Å². The number of rotatable bonds is 6. The molecule has 0 amide bonds. The third kappa shape index (κ3) is 3.65. The Morgan fingerprint density at radius 1 is 1.58 bits per heavy atom. The van der Waals surface area contributed by atoms with E-state index in [1.165, 1.54) is 18.9 Å². The molecule has 1 aliphatic carbocycles. The van der Waals surface area contributed by atoms with Crippen molar-refractivity contribution in [3.63, 3.8) is 0 Å². The molecule has 0 bridgehead atoms. The van der Waals surface area contributed by atoms with Gasteiger partial charge in [-0.1, -0.05) is 19.8 Å². The molecule has 104 valence electrons. The lowest BCUT2D eigenvalue weighted by molar-refractivity contribution is -0.384. The highest BCUT2D eigenvalue weighted by Crippen LogP contribution is 2.36. The summed E-state index contributed by atoms with van der Waals surface area (Å²) in [7, 11) is 0. The number of nitro groups is 1. The molecule has 2 rings (SSSR count). The van der Waals surface area contributed by atoms with Crippen LogP contribution in [-0.2, 0) is 0 Å². The molecule has 1 aliphatic rings. The Labute approximate surface area is 119 Å². The van der Waals surface area contributed by atoms with E-state index in [1.54, 1.807) is 0 Å². The average Bonchev–Trinajstić information content (AvgIpc) is 3.16. The van der Waals surface area contributed by atoms with E-state index in [-0.39, 0.29) is 16.2 Å². The fraction of sp³-hybridized carbons (Fsp3) is 0.538. The number of anilines is 1. The summed E-state index contributed by atoms with van der Waals surface area (Å²) < 4.78 is 13.6. The summed E-state index contributed by atoms with van der Waals surface area (Å²) in [6.07, 6.45) is 4.39. The van der Waals surface area contributed by atoms with Crippen molar-refractivity contribution in [3.05, 3.63) is 32.5 Å². The predicted molar refractivity (Wildman–Crippen MR) is 75.8 cm³/mol. The molecular formula is C13H16BrFN2O2. The Morgan fingerprint density at radius 3 is 2.79 bits per heavy atom. The molecule has 1 atom stereocenters. The second kappa shape index (κ2) is 5.86. The molecule has 0 aliphatic heterocycles. The quantitative estimate of drug-likeness (QED) is 0.617. The molecule has 6 heteroatoms. The number of benzene rings is 1. The van der Waals surface area contributed by atoms with Gasteiger partial charge in [-0.05, 0) is 40.8 Å². The van der Waals surface area contributed by atoms with Crippen LogP contribution in [0.1, 0.15) is 32.6 Å². The number of hydrogen-bond donors (Lipinski definition) is 1. The minimum atomic E-state index is -0.618. The number of nitrogens with zero attached hydrogens (tertiary/aromatic N) is 1. The molecule has 19 heavy (non-hydrogen) atoms. The SMILES string of the molecule is CCC(CC1CC1)Nc1cc(Br)c(F)cc1[N+](=O)[O-]. The maximum absolute atomic E-state index is 13.4. The third-order valence-electron chi connectivity index (χ3n) is 3.40. The monoisotopic (exact) mass is 330 g/mol. The molecule has 0 heterocycles. The van der Waals surface area contributed by atoms with Crippen LogP contribution in [-0.4, -0.2) is 11.0 Å². The summed E-state index contributed by atoms with van der Waals surface area (Å²) in [5.74, 6) is 0.118. The molecule has 0 spiro atoms. The molecule has 1 saturated carbocycles. The molecule has 1 aromatic rings. The number of nitro benzene ring substituents is 1. The van der Waals surface area contributed by atoms with Crippen molar-refractivity contribution >= 4 is 27.3 Å². The zero-order chi connectivity index (χ0) is 14.0. The summed E-state index contributed by atoms with van der Waals surface area (Å²) in [6, 6.07) is 2.60. The molecule has 4 nitrogen and oxygen atoms in total. The van der Waals surface area contributed by atoms with E-state index in [1.807, 2.05) is 6.92 Å². The lowest BCUT2D eigenvalue weighted by Crippen LogP contribution is -2.20. The van der Waals surface area contributed by atoms with E-state index in [0.29, 0.717) is 5.69 Å². The fourth-order valence-electron chi connectivity index (χ4n) is 2.11. The Hall–Kier alpha value is -1.17. The average molecular weight is 331 g/mol. The van der Waals surface area contributed by atoms with Gasteiger partial charge in [-0.3, -0.25) is 10.1 Å². The Morgan fingerprint density at radius 2 is 2.26 bits per heavy atom. The van der Waals surface area contributed by atoms with Crippen LogP contribution in [0.25, 0.3) is 0 Å². The molecule has 1 fully saturated rings. The normalized spacial score (nSPS) is 16.2. The largest absolute Gasteiger partial charge is 0.377 e. The highest BCUT2D eigenvalue weighted by atomic mass is 79.9. The molecule has 1 unspecified atom stereocenters. The Kier molecular flexibility index (Phi) is 4.39. The van der Waals surface area contributed by atoms with Crippen LogP contribution in [0.2, 0.25) is 0 Å². The lowest BCUT2D eigenvalue weighted by Gasteiger charge is -2.18. The second-order valence-electron chi connectivity index (χ2n) is 4.97. The van der Waals surface area contributed by atoms with E-state index in [0.717, 1.165) is 24.8 Å². The van der Waals surface area contributed by atoms with Crippen molar-refractivity contribution in [2.45, 2.75) is 38.6 Å². The summed E-state index contributed by atoms with van der Waals surface area (Å²) in [4.78, 5) is 10.4. The molecular weight excluding hydrogens is 315 g/mol. The van der Waals surface area contributed by atoms with Crippen molar-refractivity contribution in [3.8, 4) is 0 Å². The molecule has 0 radical (unpaired) electrons. The highest BCUT2D eigenvalue weighted by molar-refractivity contribution is 9.10. The fourth-order valence-corrected chi connectivity index (χ4v) is 2.45. The minimum absolute atomic E-state index is 0.198. The lowest BCUT2D eigenvalue weighted by atomic mass is 10.1. The molecule has 1 aromatic carbocycles. The van der Waals surface area contributed by atoms with Gasteiger partial charge in [0.05, 0.1) is 15.5 Å². The van der Waals surface area contributed by atoms with E-state index in [4.69, 9.17) is 0 Å². The molecule has 0 aromatic heterocycles. The zero-order valence-electron chi connectivity index (χ0n) is 10.7. The van der Waals surface area contributed by atoms with Gasteiger partial charge in [-0.15, -0.1) is 0 Å². The standard InChI is InChI=1S/C13H16BrFN2O2/c1-2-9(5-8-3-4-8)16-12-6-10(14)11(15)7-13(12)17(18)19/h6-9,16H,2-5H2,1H3. The van der Waals surface area contributed by atoms with Crippen LogP contribution in [0.3, 0.4) is 0 Å². The maximum atomic E-state index is 13.4. The van der Waals surface area contributed by atoms with Crippen molar-refractivity contribution in [1.82, 2.24) is 0 Å². The highest BCUT2D eigenvalue weighted by Gasteiger charge is 2.26. The minimum Gasteiger partial charge on any atom is -0.377 e. The first kappa shape index (κ1) is 14.2. The number of nitrogens with one attached hydrogen (secondary N) is 1. The number of halogens is 2. The van der Waals surface area contributed by atoms with Crippen LogP contribution in [0, 0.1) is 21.8 Å². The van der Waals surface area contributed by atoms with E-state index >= 15 is 0 Å². The van der Waals surface area contributed by atoms with Crippen molar-refractivity contribution in [2.24, 2.45) is 5.92 Å². The Bertz CT molecular complexity index is 492. The molecule has 0 saturated heterocycles. The number of hydrogen-bond acceptors (Lipinski definition) is 3. The van der Waals surface area contributed by atoms with E-state index < -0.39 is 10.7 Å². The van der Waals surface area contributed by atoms with Crippen molar-refractivity contribution < 1.29 is 9.31 Å². The van der Waals surface area contributed by atoms with Crippen LogP contribution in [0.15, 0.2) is 16.6 Å². The van der Waals surface area contributed by atoms with Gasteiger partial charge in [-0.2, -0.15) is 0 Å². The van der Waals surface area contributed by atoms with Crippen LogP contribution in [0.4, 0.5) is 15.8 Å². The first-order chi connectivity index (χ1) is 9.01. The second-order valence-corrected chi connectivity index (χ2v) is 5.82. The van der Waals surface area contributed by atoms with Gasteiger partial charge in [0.1, 0.15) is 11.5 Å². The van der Waals surface area contributed by atoms with Gasteiger partial charge >= 0.3 is 0 Å². The third-order valence-corrected chi connectivity index (χ3v) is 4.01. The van der Waals surface area contributed by atoms with Gasteiger partial charge in [0, 0.05) is 6.04 Å². The van der Waals surface area contributed by atoms with Gasteiger partial charge in [-0.25, -0.2) is 4.39 Å². The van der Waals surface area contributed by atoms with Crippen molar-refractivity contribution in [2.75, 3.05) is 5.32 Å². The predicted octanol–water partition coefficient (Wildman–Crippen LogP) is 4.49. The van der Waals surface area contributed by atoms with Gasteiger partial charge in [0.25, 0.3) is 5.69 Å². The smallest absolute Gasteiger partial charge is 0.295 e. The van der Waals surface area contributed by atoms with Gasteiger partial charge in [0.2, 0.25) is 0 Å². The van der Waals surface area contributed by atoms with E-state index in [2.05, 4.69) is 21.2 Å². The summed E-state index contributed by atoms with van der Waals surface area (Å²) in [5.41, 5.74) is 0.167. The Balaban J connectivity index is 2.21. The van der Waals surface area contributed by atoms with Gasteiger partial charge < -0.3 is 5.32 Å². The zero-order valence-corrected chi connectivity index (χ0v) is 12.2. The van der Waals surface area contributed by atoms with Crippen LogP contribution < -0.4 is 5.32 Å². The summed E-state index contributed by atoms with van der Waals surface area (Å²) >= 11 is 3.07. The van der Waals surface area contributed by atoms with E-state index in [9.17, 15) is 14.5 Å². The summed E-state index contributed by atoms with van der Waals surface area (Å²) in [6.45, 7) is 2.05. The topological polar surface area (TPSA) is 55.2 Å². The summed E-state index contributed by atoms with van der Waals surface area (Å²) in [5, 5.41) is 14.2. The van der Waals surface area contributed by atoms with Crippen LogP contribution in [0.5, 0.6) is 0 Å². The van der Waals surface area contributed by atoms with Crippen molar-refractivity contribution in [1.29, 1.82) is 0 Å². The first-order valence-corrected chi connectivity index (χ1v) is 7.20.